The van der Waals surface area contributed by atoms with E-state index in [1.807, 2.05) is 25.1 Å². The number of carboxylic acid groups (broad SMARTS) is 1. The molecule has 0 atom stereocenters. The summed E-state index contributed by atoms with van der Waals surface area (Å²) in [6, 6.07) is 13.8. The lowest BCUT2D eigenvalue weighted by molar-refractivity contribution is 0.0697. The van der Waals surface area contributed by atoms with E-state index < -0.39 is 5.97 Å². The largest absolute Gasteiger partial charge is 0.493 e. The van der Waals surface area contributed by atoms with E-state index in [4.69, 9.17) is 0 Å². The van der Waals surface area contributed by atoms with Crippen molar-refractivity contribution < 1.29 is 15.0 Å². The van der Waals surface area contributed by atoms with Gasteiger partial charge in [0.1, 0.15) is 0 Å². The van der Waals surface area contributed by atoms with Crippen LogP contribution in [0.25, 0.3) is 21.3 Å². The number of H-pyrrole nitrogens is 1. The van der Waals surface area contributed by atoms with Crippen LogP contribution in [0.2, 0.25) is 0 Å². The number of carbonyl (C=O) groups is 1. The van der Waals surface area contributed by atoms with Gasteiger partial charge in [0.25, 0.3) is 5.56 Å². The highest BCUT2D eigenvalue weighted by atomic mass is 32.1. The normalized spacial score (nSPS) is 11.1. The highest BCUT2D eigenvalue weighted by molar-refractivity contribution is 7.13. The molecular weight excluding hydrogens is 416 g/mol. The van der Waals surface area contributed by atoms with Gasteiger partial charge in [0.15, 0.2) is 0 Å². The molecule has 0 saturated carbocycles. The van der Waals surface area contributed by atoms with Crippen molar-refractivity contribution in [3.05, 3.63) is 85.2 Å². The summed E-state index contributed by atoms with van der Waals surface area (Å²) in [6.07, 6.45) is 1.46. The zero-order valence-corrected chi connectivity index (χ0v) is 17.5. The molecule has 0 aliphatic heterocycles. The Morgan fingerprint density at radius 1 is 1.10 bits per heavy atom. The number of fused-ring (bicyclic) bond motifs is 1. The van der Waals surface area contributed by atoms with Gasteiger partial charge in [-0.25, -0.2) is 4.79 Å². The van der Waals surface area contributed by atoms with Crippen LogP contribution in [0.1, 0.15) is 34.8 Å². The van der Waals surface area contributed by atoms with Gasteiger partial charge in [-0.2, -0.15) is 0 Å². The van der Waals surface area contributed by atoms with Crippen molar-refractivity contribution in [3.8, 4) is 16.3 Å². The third-order valence-corrected chi connectivity index (χ3v) is 6.04. The number of aromatic carboxylic acids is 1. The molecule has 0 aliphatic rings. The first-order valence-corrected chi connectivity index (χ1v) is 10.6. The molecule has 0 radical (unpaired) electrons. The Kier molecular flexibility index (Phi) is 5.48. The second-order valence-corrected chi connectivity index (χ2v) is 8.26. The first-order chi connectivity index (χ1) is 14.9. The average molecular weight is 436 g/mol. The van der Waals surface area contributed by atoms with E-state index in [9.17, 15) is 24.6 Å². The number of pyridine rings is 1. The molecule has 4 rings (SSSR count). The molecule has 0 spiro atoms. The van der Waals surface area contributed by atoms with Gasteiger partial charge in [-0.1, -0.05) is 55.0 Å². The van der Waals surface area contributed by atoms with Crippen molar-refractivity contribution >= 4 is 28.2 Å². The zero-order chi connectivity index (χ0) is 22.1. The highest BCUT2D eigenvalue weighted by Gasteiger charge is 2.13. The topological polar surface area (TPSA) is 112 Å². The zero-order valence-electron chi connectivity index (χ0n) is 16.7. The van der Waals surface area contributed by atoms with Crippen molar-refractivity contribution in [1.82, 2.24) is 9.55 Å². The first kappa shape index (κ1) is 20.6. The van der Waals surface area contributed by atoms with Crippen molar-refractivity contribution in [3.63, 3.8) is 0 Å². The van der Waals surface area contributed by atoms with Gasteiger partial charge in [-0.3, -0.25) is 14.6 Å². The van der Waals surface area contributed by atoms with E-state index in [1.165, 1.54) is 6.07 Å². The fourth-order valence-corrected chi connectivity index (χ4v) is 4.36. The molecule has 3 N–H and O–H groups in total. The number of aromatic nitrogens is 2. The lowest BCUT2D eigenvalue weighted by atomic mass is 10.1. The molecule has 0 bridgehead atoms. The molecule has 8 heteroatoms. The minimum atomic E-state index is -1.05. The van der Waals surface area contributed by atoms with Crippen LogP contribution in [0.15, 0.2) is 58.1 Å². The Balaban J connectivity index is 1.79. The molecule has 0 aliphatic carbocycles. The van der Waals surface area contributed by atoms with Crippen LogP contribution < -0.4 is 10.4 Å². The van der Waals surface area contributed by atoms with Crippen molar-refractivity contribution in [2.24, 2.45) is 0 Å². The van der Waals surface area contributed by atoms with Gasteiger partial charge in [-0.05, 0) is 41.1 Å². The Morgan fingerprint density at radius 3 is 2.45 bits per heavy atom. The van der Waals surface area contributed by atoms with Gasteiger partial charge in [0, 0.05) is 5.56 Å². The molecule has 0 saturated heterocycles. The Hall–Kier alpha value is -3.65. The van der Waals surface area contributed by atoms with Gasteiger partial charge in [0.05, 0.1) is 22.5 Å². The number of aryl methyl sites for hydroxylation is 1. The lowest BCUT2D eigenvalue weighted by Crippen LogP contribution is -2.25. The number of aromatic hydroxyl groups is 1. The van der Waals surface area contributed by atoms with Crippen LogP contribution in [0.4, 0.5) is 0 Å². The predicted octanol–water partition coefficient (Wildman–Crippen LogP) is 3.82. The molecule has 0 amide bonds. The van der Waals surface area contributed by atoms with E-state index in [2.05, 4.69) is 4.98 Å². The third kappa shape index (κ3) is 4.02. The second kappa shape index (κ2) is 8.23. The number of aromatic amines is 1. The molecule has 31 heavy (non-hydrogen) atoms. The average Bonchev–Trinajstić information content (AvgIpc) is 3.09. The summed E-state index contributed by atoms with van der Waals surface area (Å²) in [5, 5.41) is 20.0. The molecule has 158 valence electrons. The highest BCUT2D eigenvalue weighted by Crippen LogP contribution is 2.30. The minimum absolute atomic E-state index is 0.122. The molecule has 2 aromatic carbocycles. The number of benzene rings is 2. The number of nitrogens with one attached hydrogen (secondary N) is 1. The maximum Gasteiger partial charge on any atom is 0.335 e. The summed E-state index contributed by atoms with van der Waals surface area (Å²) in [4.78, 5) is 38.5. The van der Waals surface area contributed by atoms with Crippen molar-refractivity contribution in [2.45, 2.75) is 26.3 Å². The third-order valence-electron chi connectivity index (χ3n) is 5.12. The van der Waals surface area contributed by atoms with Crippen LogP contribution in [0.5, 0.6) is 5.88 Å². The Labute approximate surface area is 180 Å². The van der Waals surface area contributed by atoms with E-state index in [-0.39, 0.29) is 28.4 Å². The first-order valence-electron chi connectivity index (χ1n) is 9.78. The fourth-order valence-electron chi connectivity index (χ4n) is 3.63. The predicted molar refractivity (Wildman–Crippen MR) is 120 cm³/mol. The van der Waals surface area contributed by atoms with Crippen molar-refractivity contribution in [1.29, 1.82) is 0 Å². The van der Waals surface area contributed by atoms with Gasteiger partial charge < -0.3 is 14.8 Å². The molecule has 2 aromatic heterocycles. The van der Waals surface area contributed by atoms with E-state index in [1.54, 1.807) is 28.8 Å². The second-order valence-electron chi connectivity index (χ2n) is 7.28. The summed E-state index contributed by atoms with van der Waals surface area (Å²) < 4.78 is 1.61. The summed E-state index contributed by atoms with van der Waals surface area (Å²) in [5.41, 5.74) is 2.77. The van der Waals surface area contributed by atoms with E-state index in [0.29, 0.717) is 27.9 Å². The van der Waals surface area contributed by atoms with Crippen molar-refractivity contribution in [2.75, 3.05) is 0 Å². The number of hydrogen-bond acceptors (Lipinski definition) is 5. The smallest absolute Gasteiger partial charge is 0.335 e. The number of rotatable bonds is 6. The fraction of sp³-hybridized carbons (Fsp3) is 0.174. The summed E-state index contributed by atoms with van der Waals surface area (Å²) in [7, 11) is 0. The van der Waals surface area contributed by atoms with Crippen LogP contribution in [0.3, 0.4) is 0 Å². The summed E-state index contributed by atoms with van der Waals surface area (Å²) in [6.45, 7) is 2.27. The number of carboxylic acids is 1. The number of nitrogens with zero attached hydrogens (tertiary/aromatic N) is 1. The van der Waals surface area contributed by atoms with E-state index >= 15 is 0 Å². The molecule has 0 unspecified atom stereocenters. The molecular formula is C23H20N2O5S. The van der Waals surface area contributed by atoms with Gasteiger partial charge in [-0.15, -0.1) is 0 Å². The summed E-state index contributed by atoms with van der Waals surface area (Å²) >= 11 is 0.921. The standard InChI is InChI=1S/C23H20N2O5S/c1-2-3-16-10-15-8-9-17(22(28)29)11-18(15)25(21(16)27)12-13-4-6-14(7-5-13)19-20(26)24-23(30)31-19/h4-11,26H,2-3,12H2,1H3,(H,24,30)(H,28,29). The Morgan fingerprint density at radius 2 is 1.84 bits per heavy atom. The van der Waals surface area contributed by atoms with Crippen LogP contribution in [-0.4, -0.2) is 25.7 Å². The molecule has 0 fully saturated rings. The molecule has 7 nitrogen and oxygen atoms in total. The maximum atomic E-state index is 13.1. The number of thiazole rings is 1. The van der Waals surface area contributed by atoms with Gasteiger partial charge >= 0.3 is 10.8 Å². The minimum Gasteiger partial charge on any atom is -0.493 e. The van der Waals surface area contributed by atoms with Crippen LogP contribution in [-0.2, 0) is 13.0 Å². The SMILES string of the molecule is CCCc1cc2ccc(C(=O)O)cc2n(Cc2ccc(-c3sc(=O)[nH]c3O)cc2)c1=O. The van der Waals surface area contributed by atoms with Gasteiger partial charge in [0.2, 0.25) is 5.88 Å². The lowest BCUT2D eigenvalue weighted by Gasteiger charge is -2.14. The maximum absolute atomic E-state index is 13.1. The number of hydrogen-bond donors (Lipinski definition) is 3. The van der Waals surface area contributed by atoms with Crippen LogP contribution in [0, 0.1) is 0 Å². The monoisotopic (exact) mass is 436 g/mol. The molecule has 2 heterocycles. The molecule has 4 aromatic rings. The van der Waals surface area contributed by atoms with E-state index in [0.717, 1.165) is 28.7 Å². The Bertz CT molecular complexity index is 1400. The van der Waals surface area contributed by atoms with Crippen LogP contribution >= 0.6 is 11.3 Å². The quantitative estimate of drug-likeness (QED) is 0.425. The summed E-state index contributed by atoms with van der Waals surface area (Å²) in [5.74, 6) is -1.22.